The third kappa shape index (κ3) is 3.33. The fourth-order valence-corrected chi connectivity index (χ4v) is 1.65. The summed E-state index contributed by atoms with van der Waals surface area (Å²) in [5.74, 6) is -0.635. The zero-order chi connectivity index (χ0) is 11.3. The molecule has 0 heterocycles. The molecular weight excluding hydrogens is 188 g/mol. The first-order chi connectivity index (χ1) is 7.08. The number of rotatable bonds is 5. The second-order valence-electron chi connectivity index (χ2n) is 3.91. The van der Waals surface area contributed by atoms with Crippen LogP contribution in [0.4, 0.5) is 0 Å². The van der Waals surface area contributed by atoms with Gasteiger partial charge in [0.05, 0.1) is 6.10 Å². The van der Waals surface area contributed by atoms with E-state index in [1.54, 1.807) is 0 Å². The lowest BCUT2D eigenvalue weighted by Crippen LogP contribution is -2.32. The summed E-state index contributed by atoms with van der Waals surface area (Å²) < 4.78 is 11.5. The highest BCUT2D eigenvalue weighted by atomic mass is 16.7. The zero-order valence-electron chi connectivity index (χ0n) is 9.99. The van der Waals surface area contributed by atoms with Crippen LogP contribution in [0, 0.1) is 0 Å². The summed E-state index contributed by atoms with van der Waals surface area (Å²) >= 11 is 0. The molecule has 0 bridgehead atoms. The Balaban J connectivity index is 2.90. The molecule has 1 unspecified atom stereocenters. The van der Waals surface area contributed by atoms with Gasteiger partial charge in [0.1, 0.15) is 0 Å². The van der Waals surface area contributed by atoms with Crippen LogP contribution in [-0.4, -0.2) is 12.7 Å². The summed E-state index contributed by atoms with van der Waals surface area (Å²) in [7, 11) is 0. The van der Waals surface area contributed by atoms with E-state index in [1.807, 2.05) is 58.0 Å². The first-order valence-corrected chi connectivity index (χ1v) is 5.46. The van der Waals surface area contributed by atoms with Crippen LogP contribution < -0.4 is 0 Å². The van der Waals surface area contributed by atoms with E-state index in [9.17, 15) is 0 Å². The molecule has 0 fully saturated rings. The minimum Gasteiger partial charge on any atom is -0.346 e. The minimum atomic E-state index is -0.635. The monoisotopic (exact) mass is 208 g/mol. The maximum absolute atomic E-state index is 5.84. The number of benzene rings is 1. The van der Waals surface area contributed by atoms with E-state index < -0.39 is 5.79 Å². The Labute approximate surface area is 92.2 Å². The first kappa shape index (κ1) is 12.2. The van der Waals surface area contributed by atoms with Crippen molar-refractivity contribution >= 4 is 0 Å². The molecule has 0 N–H and O–H groups in total. The molecule has 1 aromatic rings. The fraction of sp³-hybridized carbons (Fsp3) is 0.538. The van der Waals surface area contributed by atoms with E-state index in [2.05, 4.69) is 0 Å². The predicted octanol–water partition coefficient (Wildman–Crippen LogP) is 3.32. The van der Waals surface area contributed by atoms with Crippen molar-refractivity contribution in [3.8, 4) is 0 Å². The van der Waals surface area contributed by atoms with Crippen molar-refractivity contribution in [1.29, 1.82) is 0 Å². The van der Waals surface area contributed by atoms with Crippen LogP contribution in [0.2, 0.25) is 0 Å². The molecule has 2 nitrogen and oxygen atoms in total. The van der Waals surface area contributed by atoms with E-state index in [1.165, 1.54) is 0 Å². The SMILES string of the molecule is CCOC(C)(OC(C)C)c1ccccc1. The summed E-state index contributed by atoms with van der Waals surface area (Å²) in [5.41, 5.74) is 1.06. The van der Waals surface area contributed by atoms with Crippen LogP contribution in [0.5, 0.6) is 0 Å². The van der Waals surface area contributed by atoms with Gasteiger partial charge in [-0.1, -0.05) is 30.3 Å². The van der Waals surface area contributed by atoms with Crippen LogP contribution in [0.15, 0.2) is 30.3 Å². The second kappa shape index (κ2) is 5.29. The van der Waals surface area contributed by atoms with Gasteiger partial charge in [-0.3, -0.25) is 0 Å². The van der Waals surface area contributed by atoms with Gasteiger partial charge in [0.15, 0.2) is 5.79 Å². The van der Waals surface area contributed by atoms with Crippen molar-refractivity contribution in [3.05, 3.63) is 35.9 Å². The van der Waals surface area contributed by atoms with Crippen LogP contribution in [-0.2, 0) is 15.3 Å². The fourth-order valence-electron chi connectivity index (χ4n) is 1.65. The molecule has 0 aliphatic heterocycles. The van der Waals surface area contributed by atoms with E-state index in [-0.39, 0.29) is 6.10 Å². The lowest BCUT2D eigenvalue weighted by Gasteiger charge is -2.32. The van der Waals surface area contributed by atoms with Crippen molar-refractivity contribution in [2.45, 2.75) is 39.6 Å². The number of ether oxygens (including phenoxy) is 2. The molecule has 1 rings (SSSR count). The molecule has 2 heteroatoms. The predicted molar refractivity (Wildman–Crippen MR) is 61.6 cm³/mol. The van der Waals surface area contributed by atoms with Gasteiger partial charge in [0.2, 0.25) is 0 Å². The van der Waals surface area contributed by atoms with Gasteiger partial charge >= 0.3 is 0 Å². The lowest BCUT2D eigenvalue weighted by molar-refractivity contribution is -0.249. The normalized spacial score (nSPS) is 15.3. The Morgan fingerprint density at radius 1 is 1.20 bits per heavy atom. The summed E-state index contributed by atoms with van der Waals surface area (Å²) in [6.07, 6.45) is 0.141. The summed E-state index contributed by atoms with van der Waals surface area (Å²) in [4.78, 5) is 0. The van der Waals surface area contributed by atoms with Crippen LogP contribution in [0.25, 0.3) is 0 Å². The second-order valence-corrected chi connectivity index (χ2v) is 3.91. The average molecular weight is 208 g/mol. The molecule has 0 radical (unpaired) electrons. The third-order valence-corrected chi connectivity index (χ3v) is 2.18. The van der Waals surface area contributed by atoms with Crippen molar-refractivity contribution < 1.29 is 9.47 Å². The van der Waals surface area contributed by atoms with Crippen molar-refractivity contribution in [3.63, 3.8) is 0 Å². The minimum absolute atomic E-state index is 0.141. The topological polar surface area (TPSA) is 18.5 Å². The van der Waals surface area contributed by atoms with Crippen LogP contribution in [0.3, 0.4) is 0 Å². The largest absolute Gasteiger partial charge is 0.346 e. The van der Waals surface area contributed by atoms with Gasteiger partial charge in [-0.25, -0.2) is 0 Å². The highest BCUT2D eigenvalue weighted by molar-refractivity contribution is 5.19. The van der Waals surface area contributed by atoms with Gasteiger partial charge in [0.25, 0.3) is 0 Å². The first-order valence-electron chi connectivity index (χ1n) is 5.46. The molecule has 15 heavy (non-hydrogen) atoms. The van der Waals surface area contributed by atoms with Crippen molar-refractivity contribution in [2.24, 2.45) is 0 Å². The van der Waals surface area contributed by atoms with Gasteiger partial charge in [-0.05, 0) is 27.7 Å². The van der Waals surface area contributed by atoms with E-state index in [4.69, 9.17) is 9.47 Å². The molecule has 84 valence electrons. The van der Waals surface area contributed by atoms with E-state index >= 15 is 0 Å². The standard InChI is InChI=1S/C13H20O2/c1-5-14-13(4,15-11(2)3)12-9-7-6-8-10-12/h6-11H,5H2,1-4H3. The molecule has 0 saturated heterocycles. The molecule has 1 aromatic carbocycles. The number of hydrogen-bond donors (Lipinski definition) is 0. The Hall–Kier alpha value is -0.860. The smallest absolute Gasteiger partial charge is 0.192 e. The lowest BCUT2D eigenvalue weighted by atomic mass is 10.1. The Bertz CT molecular complexity index is 282. The summed E-state index contributed by atoms with van der Waals surface area (Å²) in [5, 5.41) is 0. The van der Waals surface area contributed by atoms with Crippen LogP contribution >= 0.6 is 0 Å². The van der Waals surface area contributed by atoms with Gasteiger partial charge in [-0.15, -0.1) is 0 Å². The van der Waals surface area contributed by atoms with Gasteiger partial charge < -0.3 is 9.47 Å². The molecule has 0 amide bonds. The highest BCUT2D eigenvalue weighted by Crippen LogP contribution is 2.27. The highest BCUT2D eigenvalue weighted by Gasteiger charge is 2.28. The molecule has 1 atom stereocenters. The zero-order valence-corrected chi connectivity index (χ0v) is 9.99. The maximum Gasteiger partial charge on any atom is 0.192 e. The third-order valence-electron chi connectivity index (χ3n) is 2.18. The van der Waals surface area contributed by atoms with Gasteiger partial charge in [0, 0.05) is 12.2 Å². The van der Waals surface area contributed by atoms with E-state index in [0.29, 0.717) is 6.61 Å². The Kier molecular flexibility index (Phi) is 4.30. The van der Waals surface area contributed by atoms with Crippen molar-refractivity contribution in [2.75, 3.05) is 6.61 Å². The molecule has 0 aromatic heterocycles. The molecule has 0 aliphatic rings. The van der Waals surface area contributed by atoms with Crippen LogP contribution in [0.1, 0.15) is 33.3 Å². The van der Waals surface area contributed by atoms with Gasteiger partial charge in [-0.2, -0.15) is 0 Å². The molecule has 0 aliphatic carbocycles. The van der Waals surface area contributed by atoms with E-state index in [0.717, 1.165) is 5.56 Å². The quantitative estimate of drug-likeness (QED) is 0.691. The summed E-state index contributed by atoms with van der Waals surface area (Å²) in [6.45, 7) is 8.61. The summed E-state index contributed by atoms with van der Waals surface area (Å²) in [6, 6.07) is 10.0. The molecule has 0 saturated carbocycles. The maximum atomic E-state index is 5.84. The Morgan fingerprint density at radius 2 is 1.80 bits per heavy atom. The number of hydrogen-bond acceptors (Lipinski definition) is 2. The Morgan fingerprint density at radius 3 is 2.27 bits per heavy atom. The average Bonchev–Trinajstić information content (AvgIpc) is 2.18. The molecule has 0 spiro atoms. The molecular formula is C13H20O2. The van der Waals surface area contributed by atoms with Crippen molar-refractivity contribution in [1.82, 2.24) is 0 Å².